The largest absolute Gasteiger partial charge is 0.453 e. The predicted molar refractivity (Wildman–Crippen MR) is 150 cm³/mol. The van der Waals surface area contributed by atoms with Crippen molar-refractivity contribution in [1.82, 2.24) is 30.0 Å². The van der Waals surface area contributed by atoms with Gasteiger partial charge in [0.15, 0.2) is 0 Å². The molecule has 1 aliphatic carbocycles. The van der Waals surface area contributed by atoms with Crippen LogP contribution in [-0.2, 0) is 21.5 Å². The van der Waals surface area contributed by atoms with Gasteiger partial charge in [-0.15, -0.1) is 10.2 Å². The first-order valence-corrected chi connectivity index (χ1v) is 13.3. The highest BCUT2D eigenvalue weighted by atomic mass is 16.5. The lowest BCUT2D eigenvalue weighted by molar-refractivity contribution is -0.122. The lowest BCUT2D eigenvalue weighted by Gasteiger charge is -2.21. The molecule has 0 saturated heterocycles. The smallest absolute Gasteiger partial charge is 0.411 e. The summed E-state index contributed by atoms with van der Waals surface area (Å²) in [6, 6.07) is 13.3. The van der Waals surface area contributed by atoms with Crippen molar-refractivity contribution in [3.05, 3.63) is 88.8 Å². The molecule has 1 fully saturated rings. The van der Waals surface area contributed by atoms with Gasteiger partial charge in [0.05, 0.1) is 30.5 Å². The molecule has 0 spiro atoms. The van der Waals surface area contributed by atoms with Crippen molar-refractivity contribution in [3.63, 3.8) is 0 Å². The summed E-state index contributed by atoms with van der Waals surface area (Å²) in [5.41, 5.74) is -0.00895. The highest BCUT2D eigenvalue weighted by Crippen LogP contribution is 2.52. The van der Waals surface area contributed by atoms with Gasteiger partial charge in [0, 0.05) is 11.8 Å². The fraction of sp³-hybridized carbons (Fsp3) is 0.310. The zero-order valence-electron chi connectivity index (χ0n) is 23.2. The summed E-state index contributed by atoms with van der Waals surface area (Å²) in [5.74, 6) is -1.26. The van der Waals surface area contributed by atoms with Crippen LogP contribution in [0.5, 0.6) is 0 Å². The zero-order chi connectivity index (χ0) is 29.9. The molecule has 3 aromatic heterocycles. The Hall–Kier alpha value is -5.20. The van der Waals surface area contributed by atoms with Crippen LogP contribution in [0.1, 0.15) is 49.0 Å². The molecule has 1 aliphatic rings. The normalized spacial score (nSPS) is 14.2. The van der Waals surface area contributed by atoms with E-state index < -0.39 is 41.3 Å². The summed E-state index contributed by atoms with van der Waals surface area (Å²) in [6.07, 6.45) is 3.55. The molecule has 1 aromatic carbocycles. The van der Waals surface area contributed by atoms with Gasteiger partial charge in [0.25, 0.3) is 11.4 Å². The van der Waals surface area contributed by atoms with E-state index in [1.54, 1.807) is 50.4 Å². The van der Waals surface area contributed by atoms with E-state index in [-0.39, 0.29) is 23.3 Å². The number of nitrogens with zero attached hydrogens (tertiary/aromatic N) is 5. The van der Waals surface area contributed by atoms with Crippen LogP contribution < -0.4 is 16.2 Å². The van der Waals surface area contributed by atoms with Crippen LogP contribution >= 0.6 is 0 Å². The molecule has 3 heterocycles. The molecule has 1 saturated carbocycles. The molecule has 13 nitrogen and oxygen atoms in total. The van der Waals surface area contributed by atoms with Crippen molar-refractivity contribution in [2.45, 2.75) is 44.7 Å². The number of benzene rings is 1. The number of carbonyl (C=O) groups excluding carboxylic acids is 3. The zero-order valence-corrected chi connectivity index (χ0v) is 23.2. The standard InChI is InChI=1S/C29H29N7O6/c1-17(2)22(23(38)25-34-35-27(42-25)29(12-13-29)20-11-7-8-14-30-20)33-21(37)16-36-24(18-9-5-4-6-10-18)31-15-19(26(36)39)32-28(40)41-3/h4-11,14-15,17,22H,12-13,16H2,1-3H3,(H,32,40)(H,33,37)/t22-/m1/s1. The topological polar surface area (TPSA) is 171 Å². The highest BCUT2D eigenvalue weighted by Gasteiger charge is 2.52. The van der Waals surface area contributed by atoms with Gasteiger partial charge < -0.3 is 14.5 Å². The molecule has 2 amide bonds. The molecule has 5 rings (SSSR count). The number of ketones is 1. The maximum atomic E-state index is 13.5. The molecule has 42 heavy (non-hydrogen) atoms. The van der Waals surface area contributed by atoms with Crippen LogP contribution in [0.15, 0.2) is 70.1 Å². The quantitative estimate of drug-likeness (QED) is 0.270. The van der Waals surface area contributed by atoms with E-state index in [0.717, 1.165) is 30.2 Å². The Bertz CT molecular complexity index is 1660. The second kappa shape index (κ2) is 11.7. The molecule has 1 atom stereocenters. The van der Waals surface area contributed by atoms with E-state index in [4.69, 9.17) is 4.42 Å². The van der Waals surface area contributed by atoms with E-state index in [1.165, 1.54) is 6.20 Å². The fourth-order valence-corrected chi connectivity index (χ4v) is 4.60. The molecule has 2 N–H and O–H groups in total. The summed E-state index contributed by atoms with van der Waals surface area (Å²) in [4.78, 5) is 60.6. The number of carbonyl (C=O) groups is 3. The van der Waals surface area contributed by atoms with Gasteiger partial charge in [0.2, 0.25) is 17.6 Å². The van der Waals surface area contributed by atoms with Crippen LogP contribution in [0.4, 0.5) is 10.5 Å². The Morgan fingerprint density at radius 2 is 1.79 bits per heavy atom. The number of methoxy groups -OCH3 is 1. The fourth-order valence-electron chi connectivity index (χ4n) is 4.60. The van der Waals surface area contributed by atoms with Crippen LogP contribution in [0.25, 0.3) is 11.4 Å². The van der Waals surface area contributed by atoms with Gasteiger partial charge in [0.1, 0.15) is 18.1 Å². The number of anilines is 1. The molecule has 0 unspecified atom stereocenters. The average Bonchev–Trinajstić information content (AvgIpc) is 3.66. The van der Waals surface area contributed by atoms with Gasteiger partial charge in [-0.25, -0.2) is 9.78 Å². The van der Waals surface area contributed by atoms with Crippen LogP contribution in [0.2, 0.25) is 0 Å². The van der Waals surface area contributed by atoms with Crippen molar-refractivity contribution < 1.29 is 23.5 Å². The molecule has 216 valence electrons. The third-order valence-electron chi connectivity index (χ3n) is 7.02. The number of hydrogen-bond donors (Lipinski definition) is 2. The molecule has 13 heteroatoms. The van der Waals surface area contributed by atoms with E-state index in [2.05, 4.69) is 35.5 Å². The first-order valence-electron chi connectivity index (χ1n) is 13.3. The predicted octanol–water partition coefficient (Wildman–Crippen LogP) is 2.97. The van der Waals surface area contributed by atoms with Gasteiger partial charge in [-0.2, -0.15) is 0 Å². The maximum absolute atomic E-state index is 13.5. The number of hydrogen-bond acceptors (Lipinski definition) is 10. The van der Waals surface area contributed by atoms with Gasteiger partial charge in [-0.3, -0.25) is 29.3 Å². The number of pyridine rings is 1. The van der Waals surface area contributed by atoms with Gasteiger partial charge >= 0.3 is 6.09 Å². The average molecular weight is 572 g/mol. The lowest BCUT2D eigenvalue weighted by atomic mass is 9.99. The van der Waals surface area contributed by atoms with Crippen molar-refractivity contribution >= 4 is 23.5 Å². The van der Waals surface area contributed by atoms with E-state index in [9.17, 15) is 19.2 Å². The highest BCUT2D eigenvalue weighted by molar-refractivity contribution is 5.98. The van der Waals surface area contributed by atoms with Gasteiger partial charge in [-0.1, -0.05) is 50.2 Å². The summed E-state index contributed by atoms with van der Waals surface area (Å²) in [5, 5.41) is 13.2. The number of aromatic nitrogens is 5. The lowest BCUT2D eigenvalue weighted by Crippen LogP contribution is -2.46. The Morgan fingerprint density at radius 3 is 2.43 bits per heavy atom. The minimum absolute atomic E-state index is 0.175. The van der Waals surface area contributed by atoms with Crippen molar-refractivity contribution in [3.8, 4) is 11.4 Å². The minimum Gasteiger partial charge on any atom is -0.453 e. The molecular weight excluding hydrogens is 542 g/mol. The SMILES string of the molecule is COC(=O)Nc1cnc(-c2ccccc2)n(CC(=O)N[C@@H](C(=O)c2nnc(C3(c4ccccn4)CC3)o2)C(C)C)c1=O. The minimum atomic E-state index is -1.02. The number of ether oxygens (including phenoxy) is 1. The molecule has 4 aromatic rings. The Balaban J connectivity index is 1.38. The molecule has 0 aliphatic heterocycles. The van der Waals surface area contributed by atoms with Crippen molar-refractivity contribution in [2.75, 3.05) is 12.4 Å². The second-order valence-corrected chi connectivity index (χ2v) is 10.2. The van der Waals surface area contributed by atoms with E-state index >= 15 is 0 Å². The Labute approximate surface area is 240 Å². The van der Waals surface area contributed by atoms with Crippen LogP contribution in [0.3, 0.4) is 0 Å². The molecular formula is C29H29N7O6. The number of Topliss-reactive ketones (excluding diaryl/α,β-unsaturated/α-hetero) is 1. The second-order valence-electron chi connectivity index (χ2n) is 10.2. The van der Waals surface area contributed by atoms with Crippen LogP contribution in [0, 0.1) is 5.92 Å². The number of rotatable bonds is 10. The first kappa shape index (κ1) is 28.3. The number of nitrogens with one attached hydrogen (secondary N) is 2. The van der Waals surface area contributed by atoms with E-state index in [0.29, 0.717) is 11.5 Å². The summed E-state index contributed by atoms with van der Waals surface area (Å²) >= 11 is 0. The molecule has 0 bridgehead atoms. The Kier molecular flexibility index (Phi) is 7.91. The van der Waals surface area contributed by atoms with E-state index in [1.807, 2.05) is 18.2 Å². The van der Waals surface area contributed by atoms with Crippen molar-refractivity contribution in [2.24, 2.45) is 5.92 Å². The molecule has 0 radical (unpaired) electrons. The third kappa shape index (κ3) is 5.66. The van der Waals surface area contributed by atoms with Gasteiger partial charge in [-0.05, 0) is 30.9 Å². The first-order chi connectivity index (χ1) is 20.2. The third-order valence-corrected chi connectivity index (χ3v) is 7.02. The summed E-state index contributed by atoms with van der Waals surface area (Å²) in [6.45, 7) is 3.04. The van der Waals surface area contributed by atoms with Crippen LogP contribution in [-0.4, -0.2) is 55.7 Å². The Morgan fingerprint density at radius 1 is 1.05 bits per heavy atom. The summed E-state index contributed by atoms with van der Waals surface area (Å²) in [7, 11) is 1.16. The summed E-state index contributed by atoms with van der Waals surface area (Å²) < 4.78 is 11.5. The monoisotopic (exact) mass is 571 g/mol. The maximum Gasteiger partial charge on any atom is 0.411 e. The van der Waals surface area contributed by atoms with Crippen molar-refractivity contribution in [1.29, 1.82) is 0 Å². The number of amides is 2.